The maximum absolute atomic E-state index is 13.1. The quantitative estimate of drug-likeness (QED) is 0.451. The van der Waals surface area contributed by atoms with Crippen LogP contribution in [-0.4, -0.2) is 42.4 Å². The predicted molar refractivity (Wildman–Crippen MR) is 132 cm³/mol. The zero-order chi connectivity index (χ0) is 23.5. The summed E-state index contributed by atoms with van der Waals surface area (Å²) in [7, 11) is 0. The van der Waals surface area contributed by atoms with Gasteiger partial charge in [0.25, 0.3) is 5.91 Å². The number of hydrogen-bond acceptors (Lipinski definition) is 6. The Morgan fingerprint density at radius 2 is 1.71 bits per heavy atom. The summed E-state index contributed by atoms with van der Waals surface area (Å²) >= 11 is 0. The highest BCUT2D eigenvalue weighted by Crippen LogP contribution is 2.28. The van der Waals surface area contributed by atoms with Crippen molar-refractivity contribution in [1.82, 2.24) is 10.1 Å². The van der Waals surface area contributed by atoms with Gasteiger partial charge in [0.1, 0.15) is 0 Å². The lowest BCUT2D eigenvalue weighted by Crippen LogP contribution is -2.36. The molecule has 1 aliphatic rings. The molecule has 0 saturated carbocycles. The molecule has 4 aromatic rings. The molecule has 1 aromatic heterocycles. The monoisotopic (exact) mass is 454 g/mol. The van der Waals surface area contributed by atoms with Gasteiger partial charge in [-0.3, -0.25) is 4.79 Å². The number of carbonyl (C=O) groups excluding carboxylic acids is 1. The number of carbonyl (C=O) groups is 1. The van der Waals surface area contributed by atoms with Gasteiger partial charge < -0.3 is 19.5 Å². The van der Waals surface area contributed by atoms with Crippen LogP contribution in [-0.2, 0) is 4.74 Å². The molecule has 3 aromatic carbocycles. The molecule has 172 valence electrons. The van der Waals surface area contributed by atoms with Gasteiger partial charge in [-0.2, -0.15) is 4.98 Å². The summed E-state index contributed by atoms with van der Waals surface area (Å²) in [4.78, 5) is 19.6. The highest BCUT2D eigenvalue weighted by Gasteiger charge is 2.14. The van der Waals surface area contributed by atoms with Gasteiger partial charge in [-0.05, 0) is 53.9 Å². The number of nitrogens with zero attached hydrogens (tertiary/aromatic N) is 3. The van der Waals surface area contributed by atoms with Crippen LogP contribution in [0, 0.1) is 13.8 Å². The fourth-order valence-electron chi connectivity index (χ4n) is 4.09. The molecule has 1 fully saturated rings. The van der Waals surface area contributed by atoms with E-state index in [2.05, 4.69) is 26.4 Å². The van der Waals surface area contributed by atoms with Gasteiger partial charge in [-0.1, -0.05) is 41.6 Å². The fourth-order valence-corrected chi connectivity index (χ4v) is 4.09. The summed E-state index contributed by atoms with van der Waals surface area (Å²) in [6.07, 6.45) is 0. The number of rotatable bonds is 5. The third-order valence-corrected chi connectivity index (χ3v) is 5.96. The van der Waals surface area contributed by atoms with E-state index in [1.165, 1.54) is 0 Å². The Kier molecular flexibility index (Phi) is 6.10. The Morgan fingerprint density at radius 1 is 0.941 bits per heavy atom. The summed E-state index contributed by atoms with van der Waals surface area (Å²) in [5.41, 5.74) is 6.46. The number of hydrogen-bond donors (Lipinski definition) is 1. The Labute approximate surface area is 198 Å². The number of aromatic nitrogens is 2. The molecule has 1 amide bonds. The third-order valence-electron chi connectivity index (χ3n) is 5.96. The highest BCUT2D eigenvalue weighted by molar-refractivity contribution is 6.05. The molecular weight excluding hydrogens is 428 g/mol. The lowest BCUT2D eigenvalue weighted by Gasteiger charge is -2.29. The van der Waals surface area contributed by atoms with E-state index in [0.717, 1.165) is 59.9 Å². The minimum absolute atomic E-state index is 0.140. The standard InChI is InChI=1S/C27H26N4O3/c1-18-6-7-22(16-25(18)20-8-10-21(11-9-20)26-28-19(2)34-30-26)27(32)29-23-4-3-5-24(17-23)31-12-14-33-15-13-31/h3-11,16-17H,12-15H2,1-2H3,(H,29,32). The molecule has 7 nitrogen and oxygen atoms in total. The van der Waals surface area contributed by atoms with E-state index in [4.69, 9.17) is 9.26 Å². The first kappa shape index (κ1) is 21.9. The van der Waals surface area contributed by atoms with E-state index in [1.54, 1.807) is 6.92 Å². The van der Waals surface area contributed by atoms with Gasteiger partial charge in [-0.25, -0.2) is 0 Å². The van der Waals surface area contributed by atoms with Crippen molar-refractivity contribution in [2.45, 2.75) is 13.8 Å². The molecule has 5 rings (SSSR count). The van der Waals surface area contributed by atoms with Gasteiger partial charge in [-0.15, -0.1) is 0 Å². The van der Waals surface area contributed by atoms with E-state index in [0.29, 0.717) is 17.3 Å². The van der Waals surface area contributed by atoms with Crippen molar-refractivity contribution < 1.29 is 14.1 Å². The summed E-state index contributed by atoms with van der Waals surface area (Å²) in [5.74, 6) is 0.955. The Bertz CT molecular complexity index is 1310. The normalized spacial score (nSPS) is 13.6. The van der Waals surface area contributed by atoms with Gasteiger partial charge >= 0.3 is 0 Å². The Hall–Kier alpha value is -3.97. The van der Waals surface area contributed by atoms with E-state index in [1.807, 2.05) is 67.6 Å². The SMILES string of the molecule is Cc1nc(-c2ccc(-c3cc(C(=O)Nc4cccc(N5CCOCC5)c4)ccc3C)cc2)no1. The topological polar surface area (TPSA) is 80.5 Å². The molecule has 2 heterocycles. The molecule has 0 spiro atoms. The Morgan fingerprint density at radius 3 is 2.44 bits per heavy atom. The van der Waals surface area contributed by atoms with Crippen molar-refractivity contribution in [2.75, 3.05) is 36.5 Å². The number of amides is 1. The molecule has 1 saturated heterocycles. The molecule has 0 bridgehead atoms. The van der Waals surface area contributed by atoms with Crippen LogP contribution < -0.4 is 10.2 Å². The second-order valence-electron chi connectivity index (χ2n) is 8.35. The van der Waals surface area contributed by atoms with Crippen LogP contribution in [0.15, 0.2) is 71.3 Å². The third kappa shape index (κ3) is 4.70. The van der Waals surface area contributed by atoms with Crippen molar-refractivity contribution >= 4 is 17.3 Å². The van der Waals surface area contributed by atoms with E-state index < -0.39 is 0 Å². The number of anilines is 2. The first-order chi connectivity index (χ1) is 16.6. The molecule has 0 atom stereocenters. The van der Waals surface area contributed by atoms with Crippen molar-refractivity contribution in [3.05, 3.63) is 83.7 Å². The average molecular weight is 455 g/mol. The van der Waals surface area contributed by atoms with E-state index in [-0.39, 0.29) is 5.91 Å². The summed E-state index contributed by atoms with van der Waals surface area (Å²) in [6, 6.07) is 21.7. The highest BCUT2D eigenvalue weighted by atomic mass is 16.5. The molecule has 7 heteroatoms. The van der Waals surface area contributed by atoms with Crippen molar-refractivity contribution in [3.63, 3.8) is 0 Å². The maximum Gasteiger partial charge on any atom is 0.255 e. The number of aryl methyl sites for hydroxylation is 2. The minimum Gasteiger partial charge on any atom is -0.378 e. The lowest BCUT2D eigenvalue weighted by atomic mass is 9.97. The first-order valence-corrected chi connectivity index (χ1v) is 11.3. The van der Waals surface area contributed by atoms with E-state index >= 15 is 0 Å². The van der Waals surface area contributed by atoms with Crippen molar-refractivity contribution in [1.29, 1.82) is 0 Å². The largest absolute Gasteiger partial charge is 0.378 e. The molecule has 34 heavy (non-hydrogen) atoms. The number of benzene rings is 3. The van der Waals surface area contributed by atoms with Crippen LogP contribution in [0.4, 0.5) is 11.4 Å². The fraction of sp³-hybridized carbons (Fsp3) is 0.222. The van der Waals surface area contributed by atoms with Crippen LogP contribution in [0.1, 0.15) is 21.8 Å². The molecule has 1 aliphatic heterocycles. The molecule has 1 N–H and O–H groups in total. The maximum atomic E-state index is 13.1. The molecular formula is C27H26N4O3. The van der Waals surface area contributed by atoms with Crippen LogP contribution in [0.2, 0.25) is 0 Å². The summed E-state index contributed by atoms with van der Waals surface area (Å²) in [5, 5.41) is 7.02. The minimum atomic E-state index is -0.140. The average Bonchev–Trinajstić information content (AvgIpc) is 3.31. The second-order valence-corrected chi connectivity index (χ2v) is 8.35. The number of ether oxygens (including phenoxy) is 1. The summed E-state index contributed by atoms with van der Waals surface area (Å²) in [6.45, 7) is 6.95. The molecule has 0 aliphatic carbocycles. The van der Waals surface area contributed by atoms with Crippen LogP contribution in [0.5, 0.6) is 0 Å². The van der Waals surface area contributed by atoms with Gasteiger partial charge in [0.2, 0.25) is 11.7 Å². The van der Waals surface area contributed by atoms with Crippen molar-refractivity contribution in [3.8, 4) is 22.5 Å². The summed E-state index contributed by atoms with van der Waals surface area (Å²) < 4.78 is 10.5. The molecule has 0 unspecified atom stereocenters. The van der Waals surface area contributed by atoms with Crippen molar-refractivity contribution in [2.24, 2.45) is 0 Å². The van der Waals surface area contributed by atoms with E-state index in [9.17, 15) is 4.79 Å². The van der Waals surface area contributed by atoms with Gasteiger partial charge in [0.15, 0.2) is 0 Å². The van der Waals surface area contributed by atoms with Gasteiger partial charge in [0.05, 0.1) is 13.2 Å². The van der Waals surface area contributed by atoms with Crippen LogP contribution in [0.3, 0.4) is 0 Å². The predicted octanol–water partition coefficient (Wildman–Crippen LogP) is 5.11. The molecule has 0 radical (unpaired) electrons. The Balaban J connectivity index is 1.35. The first-order valence-electron chi connectivity index (χ1n) is 11.3. The number of morpholine rings is 1. The zero-order valence-electron chi connectivity index (χ0n) is 19.2. The number of nitrogens with one attached hydrogen (secondary N) is 1. The zero-order valence-corrected chi connectivity index (χ0v) is 19.2. The van der Waals surface area contributed by atoms with Crippen LogP contribution >= 0.6 is 0 Å². The lowest BCUT2D eigenvalue weighted by molar-refractivity contribution is 0.102. The second kappa shape index (κ2) is 9.49. The van der Waals surface area contributed by atoms with Gasteiger partial charge in [0, 0.05) is 42.5 Å². The van der Waals surface area contributed by atoms with Crippen LogP contribution in [0.25, 0.3) is 22.5 Å². The smallest absolute Gasteiger partial charge is 0.255 e.